The quantitative estimate of drug-likeness (QED) is 0.690. The Kier molecular flexibility index (Phi) is 1.66. The van der Waals surface area contributed by atoms with Crippen LogP contribution in [0, 0.1) is 5.92 Å². The van der Waals surface area contributed by atoms with Gasteiger partial charge in [0.05, 0.1) is 12.6 Å². The van der Waals surface area contributed by atoms with Crippen molar-refractivity contribution in [1.82, 2.24) is 9.78 Å². The molecule has 0 radical (unpaired) electrons. The van der Waals surface area contributed by atoms with Crippen molar-refractivity contribution in [3.8, 4) is 0 Å². The number of aliphatic hydroxyl groups is 1. The Morgan fingerprint density at radius 3 is 3.00 bits per heavy atom. The lowest BCUT2D eigenvalue weighted by molar-refractivity contribution is 0.127. The molecule has 1 aromatic heterocycles. The zero-order valence-corrected chi connectivity index (χ0v) is 6.35. The summed E-state index contributed by atoms with van der Waals surface area (Å²) in [7, 11) is 0. The van der Waals surface area contributed by atoms with Gasteiger partial charge in [-0.3, -0.25) is 4.68 Å². The zero-order valence-electron chi connectivity index (χ0n) is 6.35. The van der Waals surface area contributed by atoms with E-state index in [2.05, 4.69) is 5.10 Å². The average Bonchev–Trinajstić information content (AvgIpc) is 2.73. The van der Waals surface area contributed by atoms with Crippen LogP contribution in [0.25, 0.3) is 0 Å². The Hall–Kier alpha value is -0.830. The van der Waals surface area contributed by atoms with Gasteiger partial charge in [0.1, 0.15) is 0 Å². The minimum atomic E-state index is -0.185. The minimum Gasteiger partial charge on any atom is -0.391 e. The van der Waals surface area contributed by atoms with Crippen molar-refractivity contribution in [1.29, 1.82) is 0 Å². The Labute approximate surface area is 65.7 Å². The number of hydrogen-bond donors (Lipinski definition) is 1. The zero-order chi connectivity index (χ0) is 7.68. The summed E-state index contributed by atoms with van der Waals surface area (Å²) >= 11 is 0. The molecule has 1 atom stereocenters. The van der Waals surface area contributed by atoms with Gasteiger partial charge in [0.2, 0.25) is 0 Å². The van der Waals surface area contributed by atoms with Crippen molar-refractivity contribution in [2.45, 2.75) is 25.5 Å². The van der Waals surface area contributed by atoms with Gasteiger partial charge in [-0.1, -0.05) is 0 Å². The molecule has 1 unspecified atom stereocenters. The van der Waals surface area contributed by atoms with E-state index in [1.807, 2.05) is 12.3 Å². The molecule has 1 aliphatic carbocycles. The second-order valence-electron chi connectivity index (χ2n) is 3.13. The Bertz CT molecular complexity index is 216. The van der Waals surface area contributed by atoms with E-state index in [9.17, 15) is 5.11 Å². The van der Waals surface area contributed by atoms with Gasteiger partial charge >= 0.3 is 0 Å². The number of aliphatic hydroxyl groups excluding tert-OH is 1. The molecule has 1 fully saturated rings. The highest BCUT2D eigenvalue weighted by molar-refractivity contribution is 4.83. The second kappa shape index (κ2) is 2.66. The molecule has 3 heteroatoms. The van der Waals surface area contributed by atoms with Gasteiger partial charge in [-0.2, -0.15) is 5.10 Å². The topological polar surface area (TPSA) is 38.0 Å². The summed E-state index contributed by atoms with van der Waals surface area (Å²) in [6, 6.07) is 1.87. The molecule has 1 heterocycles. The van der Waals surface area contributed by atoms with Gasteiger partial charge < -0.3 is 5.11 Å². The fraction of sp³-hybridized carbons (Fsp3) is 0.625. The average molecular weight is 152 g/mol. The lowest BCUT2D eigenvalue weighted by Crippen LogP contribution is -2.18. The predicted octanol–water partition coefficient (Wildman–Crippen LogP) is 0.654. The minimum absolute atomic E-state index is 0.185. The molecule has 0 spiro atoms. The fourth-order valence-corrected chi connectivity index (χ4v) is 1.23. The standard InChI is InChI=1S/C8H12N2O/c11-8(7-2-3-7)6-10-5-1-4-9-10/h1,4-5,7-8,11H,2-3,6H2. The van der Waals surface area contributed by atoms with Crippen LogP contribution in [0.3, 0.4) is 0 Å². The third-order valence-corrected chi connectivity index (χ3v) is 2.10. The number of aromatic nitrogens is 2. The highest BCUT2D eigenvalue weighted by Crippen LogP contribution is 2.32. The van der Waals surface area contributed by atoms with Crippen molar-refractivity contribution in [3.63, 3.8) is 0 Å². The predicted molar refractivity (Wildman–Crippen MR) is 41.0 cm³/mol. The molecule has 0 aromatic carbocycles. The van der Waals surface area contributed by atoms with Crippen LogP contribution in [-0.4, -0.2) is 21.0 Å². The summed E-state index contributed by atoms with van der Waals surface area (Å²) in [6.07, 6.45) is 5.80. The summed E-state index contributed by atoms with van der Waals surface area (Å²) in [5, 5.41) is 13.5. The first-order valence-corrected chi connectivity index (χ1v) is 4.02. The molecule has 0 aliphatic heterocycles. The molecule has 60 valence electrons. The van der Waals surface area contributed by atoms with Crippen molar-refractivity contribution >= 4 is 0 Å². The molecule has 2 rings (SSSR count). The van der Waals surface area contributed by atoms with E-state index in [0.29, 0.717) is 12.5 Å². The molecular weight excluding hydrogens is 140 g/mol. The first-order chi connectivity index (χ1) is 5.36. The van der Waals surface area contributed by atoms with Gasteiger partial charge in [0.25, 0.3) is 0 Å². The monoisotopic (exact) mass is 152 g/mol. The van der Waals surface area contributed by atoms with E-state index in [1.54, 1.807) is 10.9 Å². The summed E-state index contributed by atoms with van der Waals surface area (Å²) in [5.41, 5.74) is 0. The first kappa shape index (κ1) is 6.85. The van der Waals surface area contributed by atoms with Crippen LogP contribution in [0.2, 0.25) is 0 Å². The number of nitrogens with zero attached hydrogens (tertiary/aromatic N) is 2. The third kappa shape index (κ3) is 1.60. The van der Waals surface area contributed by atoms with Crippen molar-refractivity contribution in [2.75, 3.05) is 0 Å². The maximum atomic E-state index is 9.50. The molecule has 11 heavy (non-hydrogen) atoms. The van der Waals surface area contributed by atoms with Gasteiger partial charge in [0.15, 0.2) is 0 Å². The molecule has 1 aromatic rings. The molecule has 1 aliphatic rings. The van der Waals surface area contributed by atoms with E-state index in [0.717, 1.165) is 0 Å². The maximum Gasteiger partial charge on any atom is 0.0764 e. The van der Waals surface area contributed by atoms with E-state index in [1.165, 1.54) is 12.8 Å². The molecule has 3 nitrogen and oxygen atoms in total. The molecule has 0 bridgehead atoms. The van der Waals surface area contributed by atoms with Gasteiger partial charge in [-0.25, -0.2) is 0 Å². The third-order valence-electron chi connectivity index (χ3n) is 2.10. The Morgan fingerprint density at radius 2 is 2.45 bits per heavy atom. The highest BCUT2D eigenvalue weighted by atomic mass is 16.3. The lowest BCUT2D eigenvalue weighted by atomic mass is 10.2. The van der Waals surface area contributed by atoms with E-state index in [4.69, 9.17) is 0 Å². The Balaban J connectivity index is 1.89. The molecule has 1 N–H and O–H groups in total. The fourth-order valence-electron chi connectivity index (χ4n) is 1.23. The molecule has 0 saturated heterocycles. The number of rotatable bonds is 3. The van der Waals surface area contributed by atoms with Crippen LogP contribution in [0.4, 0.5) is 0 Å². The largest absolute Gasteiger partial charge is 0.391 e. The second-order valence-corrected chi connectivity index (χ2v) is 3.13. The normalized spacial score (nSPS) is 20.1. The van der Waals surface area contributed by atoms with Crippen LogP contribution in [0.15, 0.2) is 18.5 Å². The molecular formula is C8H12N2O. The van der Waals surface area contributed by atoms with Crippen LogP contribution in [-0.2, 0) is 6.54 Å². The lowest BCUT2D eigenvalue weighted by Gasteiger charge is -2.07. The van der Waals surface area contributed by atoms with Crippen molar-refractivity contribution < 1.29 is 5.11 Å². The van der Waals surface area contributed by atoms with Crippen LogP contribution in [0.1, 0.15) is 12.8 Å². The van der Waals surface area contributed by atoms with Crippen molar-refractivity contribution in [3.05, 3.63) is 18.5 Å². The van der Waals surface area contributed by atoms with E-state index < -0.39 is 0 Å². The van der Waals surface area contributed by atoms with Crippen LogP contribution in [0.5, 0.6) is 0 Å². The summed E-state index contributed by atoms with van der Waals surface area (Å²) < 4.78 is 1.78. The summed E-state index contributed by atoms with van der Waals surface area (Å²) in [5.74, 6) is 0.541. The summed E-state index contributed by atoms with van der Waals surface area (Å²) in [6.45, 7) is 0.650. The maximum absolute atomic E-state index is 9.50. The van der Waals surface area contributed by atoms with E-state index in [-0.39, 0.29) is 6.10 Å². The van der Waals surface area contributed by atoms with Gasteiger partial charge in [-0.05, 0) is 24.8 Å². The number of hydrogen-bond acceptors (Lipinski definition) is 2. The highest BCUT2D eigenvalue weighted by Gasteiger charge is 2.29. The van der Waals surface area contributed by atoms with E-state index >= 15 is 0 Å². The Morgan fingerprint density at radius 1 is 1.64 bits per heavy atom. The van der Waals surface area contributed by atoms with Gasteiger partial charge in [-0.15, -0.1) is 0 Å². The first-order valence-electron chi connectivity index (χ1n) is 4.02. The molecule has 1 saturated carbocycles. The van der Waals surface area contributed by atoms with Gasteiger partial charge in [0, 0.05) is 12.4 Å². The van der Waals surface area contributed by atoms with Crippen molar-refractivity contribution in [2.24, 2.45) is 5.92 Å². The smallest absolute Gasteiger partial charge is 0.0764 e. The van der Waals surface area contributed by atoms with Crippen LogP contribution < -0.4 is 0 Å². The molecule has 0 amide bonds. The summed E-state index contributed by atoms with van der Waals surface area (Å²) in [4.78, 5) is 0. The SMILES string of the molecule is OC(Cn1cccn1)C1CC1. The van der Waals surface area contributed by atoms with Crippen LogP contribution >= 0.6 is 0 Å².